The summed E-state index contributed by atoms with van der Waals surface area (Å²) in [7, 11) is -1.73. The van der Waals surface area contributed by atoms with Crippen molar-refractivity contribution in [1.29, 1.82) is 0 Å². The smallest absolute Gasteiger partial charge is 0.475 e. The van der Waals surface area contributed by atoms with Crippen molar-refractivity contribution in [3.05, 3.63) is 24.5 Å². The van der Waals surface area contributed by atoms with Crippen LogP contribution in [0.15, 0.2) is 29.4 Å². The Kier molecular flexibility index (Phi) is 8.20. The third-order valence-corrected chi connectivity index (χ3v) is 7.41. The molecule has 30 heavy (non-hydrogen) atoms. The molecule has 1 aromatic rings. The normalized spacial score (nSPS) is 22.2. The zero-order chi connectivity index (χ0) is 22.4. The summed E-state index contributed by atoms with van der Waals surface area (Å²) in [5.74, 6) is -2.41. The maximum atomic E-state index is 12.7. The molecule has 0 saturated carbocycles. The Bertz CT molecular complexity index is 794. The number of hydrogen-bond donors (Lipinski definition) is 1. The van der Waals surface area contributed by atoms with Crippen molar-refractivity contribution in [3.8, 4) is 0 Å². The first-order chi connectivity index (χ1) is 14.0. The molecule has 2 fully saturated rings. The van der Waals surface area contributed by atoms with Crippen molar-refractivity contribution in [3.63, 3.8) is 0 Å². The highest BCUT2D eigenvalue weighted by atomic mass is 32.2. The maximum absolute atomic E-state index is 12.7. The molecule has 1 N–H and O–H groups in total. The van der Waals surface area contributed by atoms with E-state index in [0.717, 1.165) is 25.9 Å². The molecular weight excluding hydrogens is 429 g/mol. The average Bonchev–Trinajstić information content (AvgIpc) is 2.71. The van der Waals surface area contributed by atoms with Crippen LogP contribution in [0, 0.1) is 11.3 Å². The summed E-state index contributed by atoms with van der Waals surface area (Å²) in [6, 6.07) is 3.26. The van der Waals surface area contributed by atoms with Gasteiger partial charge < -0.3 is 14.6 Å². The molecule has 1 unspecified atom stereocenters. The van der Waals surface area contributed by atoms with Gasteiger partial charge in [0.15, 0.2) is 0 Å². The molecule has 3 heterocycles. The fraction of sp³-hybridized carbons (Fsp3) is 0.667. The van der Waals surface area contributed by atoms with Gasteiger partial charge >= 0.3 is 12.1 Å². The Balaban J connectivity index is 0.000000396. The highest BCUT2D eigenvalue weighted by molar-refractivity contribution is 7.89. The van der Waals surface area contributed by atoms with E-state index in [0.29, 0.717) is 32.2 Å². The number of halogens is 3. The van der Waals surface area contributed by atoms with E-state index < -0.39 is 22.2 Å². The van der Waals surface area contributed by atoms with Crippen molar-refractivity contribution in [1.82, 2.24) is 9.29 Å². The summed E-state index contributed by atoms with van der Waals surface area (Å²) in [6.07, 6.45) is 0.638. The second kappa shape index (κ2) is 10.0. The van der Waals surface area contributed by atoms with Gasteiger partial charge in [-0.2, -0.15) is 17.5 Å². The van der Waals surface area contributed by atoms with Gasteiger partial charge in [0.05, 0.1) is 13.2 Å². The van der Waals surface area contributed by atoms with Crippen molar-refractivity contribution in [2.24, 2.45) is 11.3 Å². The van der Waals surface area contributed by atoms with Gasteiger partial charge in [-0.15, -0.1) is 0 Å². The van der Waals surface area contributed by atoms with E-state index in [2.05, 4.69) is 4.98 Å². The molecule has 0 radical (unpaired) electrons. The van der Waals surface area contributed by atoms with Gasteiger partial charge in [0.25, 0.3) is 0 Å². The number of methoxy groups -OCH3 is 1. The standard InChI is InChI=1S/C16H24N2O4S.C2HF3O2/c1-21-12-14-13-22-10-6-16(14)4-8-18(9-5-16)23(19,20)15-3-2-7-17-11-15;3-2(4,5)1(6)7/h2-3,7,11,14H,4-6,8-10,12-13H2,1H3;(H,6,7). The van der Waals surface area contributed by atoms with Gasteiger partial charge in [-0.05, 0) is 36.8 Å². The van der Waals surface area contributed by atoms with Crippen LogP contribution in [-0.2, 0) is 24.3 Å². The van der Waals surface area contributed by atoms with E-state index in [-0.39, 0.29) is 10.3 Å². The van der Waals surface area contributed by atoms with Crippen molar-refractivity contribution < 1.29 is 41.0 Å². The van der Waals surface area contributed by atoms with E-state index in [1.54, 1.807) is 29.7 Å². The van der Waals surface area contributed by atoms with Crippen LogP contribution in [0.25, 0.3) is 0 Å². The van der Waals surface area contributed by atoms with Crippen LogP contribution in [-0.4, -0.2) is 75.0 Å². The Hall–Kier alpha value is -1.76. The minimum Gasteiger partial charge on any atom is -0.475 e. The third-order valence-electron chi connectivity index (χ3n) is 5.53. The van der Waals surface area contributed by atoms with Gasteiger partial charge in [0.2, 0.25) is 10.0 Å². The fourth-order valence-electron chi connectivity index (χ4n) is 3.79. The van der Waals surface area contributed by atoms with Crippen molar-refractivity contribution in [2.45, 2.75) is 30.3 Å². The number of ether oxygens (including phenoxy) is 2. The Morgan fingerprint density at radius 3 is 2.50 bits per heavy atom. The average molecular weight is 454 g/mol. The molecule has 0 amide bonds. The molecule has 0 aromatic carbocycles. The van der Waals surface area contributed by atoms with E-state index >= 15 is 0 Å². The Morgan fingerprint density at radius 2 is 2.00 bits per heavy atom. The number of piperidine rings is 1. The molecule has 3 rings (SSSR count). The number of carbonyl (C=O) groups is 1. The van der Waals surface area contributed by atoms with Crippen LogP contribution in [0.3, 0.4) is 0 Å². The lowest BCUT2D eigenvalue weighted by molar-refractivity contribution is -0.192. The van der Waals surface area contributed by atoms with Crippen molar-refractivity contribution in [2.75, 3.05) is 40.0 Å². The number of rotatable bonds is 4. The number of carboxylic acids is 1. The van der Waals surface area contributed by atoms with Gasteiger partial charge in [0, 0.05) is 45.1 Å². The predicted octanol–water partition coefficient (Wildman–Crippen LogP) is 2.17. The number of hydrogen-bond acceptors (Lipinski definition) is 6. The minimum atomic E-state index is -5.08. The van der Waals surface area contributed by atoms with Gasteiger partial charge in [-0.1, -0.05) is 0 Å². The Labute approximate surface area is 173 Å². The van der Waals surface area contributed by atoms with E-state index in [9.17, 15) is 21.6 Å². The van der Waals surface area contributed by atoms with Gasteiger partial charge in [0.1, 0.15) is 4.90 Å². The van der Waals surface area contributed by atoms with Crippen molar-refractivity contribution >= 4 is 16.0 Å². The lowest BCUT2D eigenvalue weighted by atomic mass is 9.66. The summed E-state index contributed by atoms with van der Waals surface area (Å²) < 4.78 is 69.7. The summed E-state index contributed by atoms with van der Waals surface area (Å²) in [5.41, 5.74) is 0.148. The summed E-state index contributed by atoms with van der Waals surface area (Å²) in [5, 5.41) is 7.12. The summed E-state index contributed by atoms with van der Waals surface area (Å²) in [4.78, 5) is 13.1. The van der Waals surface area contributed by atoms with Crippen LogP contribution >= 0.6 is 0 Å². The molecule has 1 spiro atoms. The molecule has 170 valence electrons. The minimum absolute atomic E-state index is 0.148. The molecular formula is C18H25F3N2O6S. The van der Waals surface area contributed by atoms with Crippen LogP contribution < -0.4 is 0 Å². The van der Waals surface area contributed by atoms with Crippen LogP contribution in [0.5, 0.6) is 0 Å². The number of aliphatic carboxylic acids is 1. The van der Waals surface area contributed by atoms with Crippen LogP contribution in [0.4, 0.5) is 13.2 Å². The molecule has 2 aliphatic heterocycles. The number of sulfonamides is 1. The SMILES string of the molecule is COCC1COCCC12CCN(S(=O)(=O)c1cccnc1)CC2.O=C(O)C(F)(F)F. The molecule has 1 atom stereocenters. The van der Waals surface area contributed by atoms with Crippen LogP contribution in [0.2, 0.25) is 0 Å². The predicted molar refractivity (Wildman–Crippen MR) is 99.2 cm³/mol. The van der Waals surface area contributed by atoms with Gasteiger partial charge in [-0.3, -0.25) is 4.98 Å². The van der Waals surface area contributed by atoms with Gasteiger partial charge in [-0.25, -0.2) is 13.2 Å². The largest absolute Gasteiger partial charge is 0.490 e. The second-order valence-electron chi connectivity index (χ2n) is 7.24. The van der Waals surface area contributed by atoms with E-state index in [4.69, 9.17) is 19.4 Å². The molecule has 2 aliphatic rings. The van der Waals surface area contributed by atoms with E-state index in [1.807, 2.05) is 0 Å². The molecule has 1 aromatic heterocycles. The number of alkyl halides is 3. The number of aromatic nitrogens is 1. The molecule has 0 aliphatic carbocycles. The van der Waals surface area contributed by atoms with Crippen LogP contribution in [0.1, 0.15) is 19.3 Å². The lowest BCUT2D eigenvalue weighted by Gasteiger charge is -2.48. The number of nitrogens with zero attached hydrogens (tertiary/aromatic N) is 2. The second-order valence-corrected chi connectivity index (χ2v) is 9.17. The quantitative estimate of drug-likeness (QED) is 0.743. The first-order valence-corrected chi connectivity index (χ1v) is 10.7. The number of pyridine rings is 1. The molecule has 8 nitrogen and oxygen atoms in total. The first-order valence-electron chi connectivity index (χ1n) is 9.30. The lowest BCUT2D eigenvalue weighted by Crippen LogP contribution is -2.50. The monoisotopic (exact) mass is 454 g/mol. The maximum Gasteiger partial charge on any atom is 0.490 e. The molecule has 12 heteroatoms. The molecule has 2 saturated heterocycles. The zero-order valence-electron chi connectivity index (χ0n) is 16.5. The topological polar surface area (TPSA) is 106 Å². The first kappa shape index (κ1) is 24.5. The number of carboxylic acid groups (broad SMARTS) is 1. The fourth-order valence-corrected chi connectivity index (χ4v) is 5.19. The third kappa shape index (κ3) is 5.90. The summed E-state index contributed by atoms with van der Waals surface area (Å²) in [6.45, 7) is 3.25. The Morgan fingerprint density at radius 1 is 1.37 bits per heavy atom. The molecule has 0 bridgehead atoms. The highest BCUT2D eigenvalue weighted by Gasteiger charge is 2.45. The highest BCUT2D eigenvalue weighted by Crippen LogP contribution is 2.45. The zero-order valence-corrected chi connectivity index (χ0v) is 17.3. The van der Waals surface area contributed by atoms with E-state index in [1.165, 1.54) is 6.20 Å². The summed E-state index contributed by atoms with van der Waals surface area (Å²) >= 11 is 0.